The third kappa shape index (κ3) is 5.29. The highest BCUT2D eigenvalue weighted by Gasteiger charge is 2.26. The lowest BCUT2D eigenvalue weighted by Gasteiger charge is -2.14. The van der Waals surface area contributed by atoms with Crippen LogP contribution >= 0.6 is 0 Å². The van der Waals surface area contributed by atoms with Crippen molar-refractivity contribution in [3.05, 3.63) is 95.8 Å². The molecule has 0 bridgehead atoms. The van der Waals surface area contributed by atoms with E-state index in [1.54, 1.807) is 54.6 Å². The maximum atomic E-state index is 13.9. The zero-order chi connectivity index (χ0) is 20.9. The Labute approximate surface area is 169 Å². The standard InChI is InChI=1S/C23H21FO4S/c1-17(19-11-13-20(14-12-19)21-9-5-6-10-22(21)24)29(26,27)16-23(25)28-15-18-7-3-2-4-8-18/h2-14,17H,15-16H2,1H3. The second-order valence-corrected chi connectivity index (χ2v) is 9.02. The van der Waals surface area contributed by atoms with Gasteiger partial charge < -0.3 is 4.74 Å². The first-order chi connectivity index (χ1) is 13.9. The SMILES string of the molecule is CC(c1ccc(-c2ccccc2F)cc1)S(=O)(=O)CC(=O)OCc1ccccc1. The average molecular weight is 412 g/mol. The van der Waals surface area contributed by atoms with E-state index in [9.17, 15) is 17.6 Å². The lowest BCUT2D eigenvalue weighted by Crippen LogP contribution is -2.22. The smallest absolute Gasteiger partial charge is 0.321 e. The molecule has 0 aromatic heterocycles. The van der Waals surface area contributed by atoms with Crippen LogP contribution in [0.1, 0.15) is 23.3 Å². The Morgan fingerprint density at radius 2 is 1.55 bits per heavy atom. The predicted molar refractivity (Wildman–Crippen MR) is 110 cm³/mol. The van der Waals surface area contributed by atoms with Gasteiger partial charge in [0.1, 0.15) is 18.2 Å². The number of carbonyl (C=O) groups excluding carboxylic acids is 1. The molecule has 0 aliphatic heterocycles. The van der Waals surface area contributed by atoms with Crippen LogP contribution in [0, 0.1) is 5.82 Å². The maximum Gasteiger partial charge on any atom is 0.321 e. The van der Waals surface area contributed by atoms with Crippen LogP contribution in [-0.4, -0.2) is 20.1 Å². The lowest BCUT2D eigenvalue weighted by molar-refractivity contribution is -0.141. The van der Waals surface area contributed by atoms with Crippen LogP contribution in [0.4, 0.5) is 4.39 Å². The summed E-state index contributed by atoms with van der Waals surface area (Å²) in [6, 6.07) is 22.1. The van der Waals surface area contributed by atoms with Gasteiger partial charge in [0, 0.05) is 5.56 Å². The van der Waals surface area contributed by atoms with E-state index < -0.39 is 26.8 Å². The van der Waals surface area contributed by atoms with Crippen molar-refractivity contribution in [2.45, 2.75) is 18.8 Å². The molecular formula is C23H21FO4S. The van der Waals surface area contributed by atoms with Crippen molar-refractivity contribution in [2.24, 2.45) is 0 Å². The molecule has 0 heterocycles. The van der Waals surface area contributed by atoms with Crippen molar-refractivity contribution >= 4 is 15.8 Å². The first kappa shape index (κ1) is 20.7. The number of halogens is 1. The molecule has 3 rings (SSSR count). The minimum absolute atomic E-state index is 0.0287. The molecule has 150 valence electrons. The second-order valence-electron chi connectivity index (χ2n) is 6.70. The van der Waals surface area contributed by atoms with E-state index in [-0.39, 0.29) is 12.4 Å². The molecule has 1 unspecified atom stereocenters. The monoisotopic (exact) mass is 412 g/mol. The molecule has 0 saturated carbocycles. The van der Waals surface area contributed by atoms with Gasteiger partial charge in [-0.25, -0.2) is 12.8 Å². The highest BCUT2D eigenvalue weighted by atomic mass is 32.2. The first-order valence-corrected chi connectivity index (χ1v) is 10.8. The van der Waals surface area contributed by atoms with E-state index in [1.807, 2.05) is 18.2 Å². The van der Waals surface area contributed by atoms with E-state index in [1.165, 1.54) is 13.0 Å². The largest absolute Gasteiger partial charge is 0.460 e. The molecule has 6 heteroatoms. The van der Waals surface area contributed by atoms with Gasteiger partial charge in [0.2, 0.25) is 0 Å². The first-order valence-electron chi connectivity index (χ1n) is 9.13. The number of ether oxygens (including phenoxy) is 1. The van der Waals surface area contributed by atoms with Gasteiger partial charge in [-0.05, 0) is 29.7 Å². The average Bonchev–Trinajstić information content (AvgIpc) is 2.73. The van der Waals surface area contributed by atoms with E-state index in [2.05, 4.69) is 0 Å². The van der Waals surface area contributed by atoms with Crippen LogP contribution in [0.25, 0.3) is 11.1 Å². The van der Waals surface area contributed by atoms with Crippen molar-refractivity contribution in [1.82, 2.24) is 0 Å². The Balaban J connectivity index is 1.66. The summed E-state index contributed by atoms with van der Waals surface area (Å²) in [5.74, 6) is -1.83. The van der Waals surface area contributed by atoms with Crippen LogP contribution in [0.15, 0.2) is 78.9 Å². The Hall–Kier alpha value is -2.99. The number of benzene rings is 3. The molecule has 0 spiro atoms. The van der Waals surface area contributed by atoms with Crippen molar-refractivity contribution in [1.29, 1.82) is 0 Å². The Morgan fingerprint density at radius 1 is 0.931 bits per heavy atom. The van der Waals surface area contributed by atoms with Gasteiger partial charge in [0.05, 0.1) is 5.25 Å². The molecule has 4 nitrogen and oxygen atoms in total. The summed E-state index contributed by atoms with van der Waals surface area (Å²) >= 11 is 0. The number of sulfone groups is 1. The molecule has 3 aromatic carbocycles. The molecule has 1 atom stereocenters. The zero-order valence-corrected chi connectivity index (χ0v) is 16.7. The number of rotatable bonds is 7. The molecule has 0 fully saturated rings. The minimum atomic E-state index is -3.75. The van der Waals surface area contributed by atoms with Gasteiger partial charge in [-0.15, -0.1) is 0 Å². The van der Waals surface area contributed by atoms with Gasteiger partial charge in [-0.3, -0.25) is 4.79 Å². The quantitative estimate of drug-likeness (QED) is 0.527. The van der Waals surface area contributed by atoms with Crippen molar-refractivity contribution in [3.8, 4) is 11.1 Å². The normalized spacial score (nSPS) is 12.3. The Kier molecular flexibility index (Phi) is 6.44. The Bertz CT molecular complexity index is 1080. The van der Waals surface area contributed by atoms with E-state index in [4.69, 9.17) is 4.74 Å². The summed E-state index contributed by atoms with van der Waals surface area (Å²) in [7, 11) is -3.75. The van der Waals surface area contributed by atoms with Gasteiger partial charge in [0.15, 0.2) is 9.84 Å². The second kappa shape index (κ2) is 9.01. The van der Waals surface area contributed by atoms with Crippen molar-refractivity contribution < 1.29 is 22.3 Å². The summed E-state index contributed by atoms with van der Waals surface area (Å²) in [6.07, 6.45) is 0. The van der Waals surface area contributed by atoms with Crippen LogP contribution in [0.5, 0.6) is 0 Å². The fourth-order valence-corrected chi connectivity index (χ4v) is 4.14. The summed E-state index contributed by atoms with van der Waals surface area (Å²) < 4.78 is 44.2. The van der Waals surface area contributed by atoms with Crippen LogP contribution in [0.3, 0.4) is 0 Å². The lowest BCUT2D eigenvalue weighted by atomic mass is 10.0. The van der Waals surface area contributed by atoms with Crippen LogP contribution < -0.4 is 0 Å². The predicted octanol–water partition coefficient (Wildman–Crippen LogP) is 4.71. The number of carbonyl (C=O) groups is 1. The summed E-state index contributed by atoms with van der Waals surface area (Å²) in [4.78, 5) is 12.0. The highest BCUT2D eigenvalue weighted by molar-refractivity contribution is 7.92. The fraction of sp³-hybridized carbons (Fsp3) is 0.174. The topological polar surface area (TPSA) is 60.4 Å². The molecule has 29 heavy (non-hydrogen) atoms. The van der Waals surface area contributed by atoms with E-state index >= 15 is 0 Å². The Morgan fingerprint density at radius 3 is 2.21 bits per heavy atom. The number of hydrogen-bond donors (Lipinski definition) is 0. The highest BCUT2D eigenvalue weighted by Crippen LogP contribution is 2.27. The molecular weight excluding hydrogens is 391 g/mol. The molecule has 0 amide bonds. The summed E-state index contributed by atoms with van der Waals surface area (Å²) in [5.41, 5.74) is 2.41. The molecule has 0 aliphatic carbocycles. The molecule has 0 aliphatic rings. The third-order valence-electron chi connectivity index (χ3n) is 4.67. The van der Waals surface area contributed by atoms with Crippen molar-refractivity contribution in [2.75, 3.05) is 5.75 Å². The fourth-order valence-electron chi connectivity index (χ4n) is 2.91. The van der Waals surface area contributed by atoms with E-state index in [0.29, 0.717) is 16.7 Å². The molecule has 3 aromatic rings. The van der Waals surface area contributed by atoms with Gasteiger partial charge in [-0.2, -0.15) is 0 Å². The number of hydrogen-bond acceptors (Lipinski definition) is 4. The number of esters is 1. The summed E-state index contributed by atoms with van der Waals surface area (Å²) in [5, 5.41) is -0.888. The third-order valence-corrected chi connectivity index (χ3v) is 6.65. The van der Waals surface area contributed by atoms with Gasteiger partial charge >= 0.3 is 5.97 Å². The maximum absolute atomic E-state index is 13.9. The summed E-state index contributed by atoms with van der Waals surface area (Å²) in [6.45, 7) is 1.55. The van der Waals surface area contributed by atoms with E-state index in [0.717, 1.165) is 5.56 Å². The molecule has 0 saturated heterocycles. The molecule has 0 N–H and O–H groups in total. The zero-order valence-electron chi connectivity index (χ0n) is 15.9. The van der Waals surface area contributed by atoms with Crippen LogP contribution in [-0.2, 0) is 26.0 Å². The molecule has 0 radical (unpaired) electrons. The van der Waals surface area contributed by atoms with Gasteiger partial charge in [-0.1, -0.05) is 72.8 Å². The van der Waals surface area contributed by atoms with Crippen molar-refractivity contribution in [3.63, 3.8) is 0 Å². The minimum Gasteiger partial charge on any atom is -0.460 e. The van der Waals surface area contributed by atoms with Gasteiger partial charge in [0.25, 0.3) is 0 Å². The van der Waals surface area contributed by atoms with Crippen LogP contribution in [0.2, 0.25) is 0 Å².